The van der Waals surface area contributed by atoms with Crippen molar-refractivity contribution in [3.05, 3.63) is 97.4 Å². The summed E-state index contributed by atoms with van der Waals surface area (Å²) in [4.78, 5) is 76.5. The quantitative estimate of drug-likeness (QED) is 0.0300. The van der Waals surface area contributed by atoms with E-state index in [4.69, 9.17) is 94.0 Å². The van der Waals surface area contributed by atoms with E-state index in [1.165, 1.54) is 13.0 Å². The van der Waals surface area contributed by atoms with Crippen LogP contribution in [0.5, 0.6) is 5.75 Å². The third-order valence-corrected chi connectivity index (χ3v) is 12.9. The van der Waals surface area contributed by atoms with E-state index in [0.29, 0.717) is 35.5 Å². The highest BCUT2D eigenvalue weighted by Crippen LogP contribution is 2.36. The van der Waals surface area contributed by atoms with E-state index < -0.39 is 53.5 Å². The van der Waals surface area contributed by atoms with Crippen LogP contribution < -0.4 is 40.9 Å². The lowest BCUT2D eigenvalue weighted by Gasteiger charge is -2.35. The molecular weight excluding hydrogens is 1250 g/mol. The summed E-state index contributed by atoms with van der Waals surface area (Å²) in [6.07, 6.45) is 1.18. The Kier molecular flexibility index (Phi) is 30.8. The lowest BCUT2D eigenvalue weighted by molar-refractivity contribution is -0.135. The first kappa shape index (κ1) is 72.9. The largest absolute Gasteiger partial charge is 0.489 e. The normalized spacial score (nSPS) is 13.1. The number of hydrogen-bond donors (Lipinski definition) is 7. The summed E-state index contributed by atoms with van der Waals surface area (Å²) in [5, 5.41) is 19.9. The Balaban J connectivity index is 0.000000359. The first-order chi connectivity index (χ1) is 38.2. The van der Waals surface area contributed by atoms with E-state index in [0.717, 1.165) is 47.8 Å². The molecule has 82 heavy (non-hydrogen) atoms. The Labute approximate surface area is 503 Å². The van der Waals surface area contributed by atoms with Crippen LogP contribution in [0.4, 0.5) is 37.7 Å². The molecule has 0 saturated carbocycles. The van der Waals surface area contributed by atoms with Crippen LogP contribution >= 0.6 is 77.2 Å². The van der Waals surface area contributed by atoms with Gasteiger partial charge in [0.05, 0.1) is 70.6 Å². The highest BCUT2D eigenvalue weighted by atomic mass is 35.5. The number of anilines is 5. The first-order valence-electron chi connectivity index (χ1n) is 24.3. The highest BCUT2D eigenvalue weighted by Gasteiger charge is 2.32. The Morgan fingerprint density at radius 2 is 1.60 bits per heavy atom. The van der Waals surface area contributed by atoms with Gasteiger partial charge < -0.3 is 44.8 Å². The number of sulfonamides is 1. The fraction of sp³-hybridized carbons (Fsp3) is 0.458. The Hall–Kier alpha value is -5.16. The van der Waals surface area contributed by atoms with Crippen molar-refractivity contribution in [3.63, 3.8) is 0 Å². The predicted octanol–water partition coefficient (Wildman–Crippen LogP) is 8.76. The average molecular weight is 1320 g/mol. The number of aromatic nitrogens is 6. The lowest BCUT2D eigenvalue weighted by atomic mass is 10.0. The van der Waals surface area contributed by atoms with Crippen LogP contribution in [-0.4, -0.2) is 145 Å². The fourth-order valence-electron chi connectivity index (χ4n) is 7.12. The van der Waals surface area contributed by atoms with Gasteiger partial charge in [0, 0.05) is 19.7 Å². The average Bonchev–Trinajstić information content (AvgIpc) is 3.76. The minimum Gasteiger partial charge on any atom is -0.489 e. The molecule has 6 rings (SSSR count). The van der Waals surface area contributed by atoms with Crippen LogP contribution in [0.25, 0.3) is 5.69 Å². The molecule has 0 spiro atoms. The van der Waals surface area contributed by atoms with Gasteiger partial charge in [-0.2, -0.15) is 28.4 Å². The van der Waals surface area contributed by atoms with E-state index in [9.17, 15) is 40.9 Å². The van der Waals surface area contributed by atoms with Gasteiger partial charge in [-0.1, -0.05) is 83.7 Å². The van der Waals surface area contributed by atoms with Crippen molar-refractivity contribution in [3.8, 4) is 11.4 Å². The molecule has 0 aliphatic carbocycles. The van der Waals surface area contributed by atoms with Gasteiger partial charge in [0.1, 0.15) is 24.1 Å². The van der Waals surface area contributed by atoms with Gasteiger partial charge >= 0.3 is 25.8 Å². The lowest BCUT2D eigenvalue weighted by Crippen LogP contribution is -2.47. The number of benzene rings is 3. The number of fused-ring (bicyclic) bond motifs is 1. The van der Waals surface area contributed by atoms with Crippen molar-refractivity contribution in [2.45, 2.75) is 91.3 Å². The maximum atomic E-state index is 12.8. The zero-order valence-corrected chi connectivity index (χ0v) is 52.3. The number of ether oxygens (including phenoxy) is 2. The van der Waals surface area contributed by atoms with Crippen molar-refractivity contribution < 1.29 is 60.5 Å². The smallest absolute Gasteiger partial charge is 0.355 e. The van der Waals surface area contributed by atoms with E-state index >= 15 is 0 Å². The van der Waals surface area contributed by atoms with Gasteiger partial charge in [-0.15, -0.1) is 16.7 Å². The van der Waals surface area contributed by atoms with Crippen LogP contribution in [0.1, 0.15) is 65.0 Å². The first-order valence-corrected chi connectivity index (χ1v) is 30.6. The summed E-state index contributed by atoms with van der Waals surface area (Å²) in [6, 6.07) is 15.9. The van der Waals surface area contributed by atoms with E-state index in [1.807, 2.05) is 77.9 Å². The summed E-state index contributed by atoms with van der Waals surface area (Å²) in [6.45, 7) is 13.3. The van der Waals surface area contributed by atoms with Crippen molar-refractivity contribution in [1.29, 1.82) is 0 Å². The minimum atomic E-state index is -4.10. The number of amides is 2. The monoisotopic (exact) mass is 1310 g/mol. The van der Waals surface area contributed by atoms with Gasteiger partial charge in [-0.25, -0.2) is 17.8 Å². The Morgan fingerprint density at radius 1 is 0.963 bits per heavy atom. The van der Waals surface area contributed by atoms with Gasteiger partial charge in [0.15, 0.2) is 4.84 Å². The summed E-state index contributed by atoms with van der Waals surface area (Å²) >= 11 is 34.6. The zero-order chi connectivity index (χ0) is 62.4. The number of methoxy groups -OCH3 is 1. The maximum Gasteiger partial charge on any atom is 0.355 e. The molecule has 7 N–H and O–H groups in total. The number of carbonyl (C=O) groups is 3. The van der Waals surface area contributed by atoms with Crippen molar-refractivity contribution in [2.75, 3.05) is 77.0 Å². The van der Waals surface area contributed by atoms with E-state index in [-0.39, 0.29) is 72.9 Å². The number of alkyl halides is 5. The van der Waals surface area contributed by atoms with Crippen LogP contribution in [-0.2, 0) is 40.1 Å². The molecule has 0 fully saturated rings. The summed E-state index contributed by atoms with van der Waals surface area (Å²) in [5.74, 6) is -0.121. The predicted molar refractivity (Wildman–Crippen MR) is 317 cm³/mol. The molecule has 34 heteroatoms. The molecule has 2 aromatic heterocycles. The molecule has 3 heterocycles. The number of halogens is 8. The number of nitrogens with one attached hydrogen (secondary N) is 4. The highest BCUT2D eigenvalue weighted by molar-refractivity contribution is 7.92. The number of aliphatic carboxylic acids is 1. The second-order valence-corrected chi connectivity index (χ2v) is 23.5. The van der Waals surface area contributed by atoms with Crippen LogP contribution in [0.3, 0.4) is 0 Å². The molecule has 0 radical (unpaired) electrons. The fourth-order valence-corrected chi connectivity index (χ4v) is 9.15. The number of para-hydroxylation sites is 3. The van der Waals surface area contributed by atoms with E-state index in [2.05, 4.69) is 53.7 Å². The SMILES string of the molecule is CC1COc2ccccc2N1C(=O)C(Cl)Cl.CCNc1nc(Cl)nc(NC(C)C)n1.CCc1cccc(C)c1N(C(=O)CCl)C(C)COC.Cc1nn(-c2cc(NS(C)(=O)=O)c(Cl)cc2Cl)c(=O)n1C(F)F.O=C(O)CNCP(=O)(O)O. The summed E-state index contributed by atoms with van der Waals surface area (Å²) in [5.41, 5.74) is 2.66. The Morgan fingerprint density at radius 3 is 2.12 bits per heavy atom. The van der Waals surface area contributed by atoms with Gasteiger partial charge in [-0.3, -0.25) is 29.0 Å². The molecule has 2 unspecified atom stereocenters. The second-order valence-electron chi connectivity index (χ2n) is 17.5. The topological polar surface area (TPSA) is 315 Å². The number of carboxylic acids is 1. The molecule has 1 aliphatic heterocycles. The molecule has 2 amide bonds. The van der Waals surface area contributed by atoms with Gasteiger partial charge in [0.2, 0.25) is 33.1 Å². The number of aryl methyl sites for hydroxylation is 3. The number of nitrogens with zero attached hydrogens (tertiary/aromatic N) is 8. The summed E-state index contributed by atoms with van der Waals surface area (Å²) in [7, 11) is -6.11. The van der Waals surface area contributed by atoms with Crippen molar-refractivity contribution >= 4 is 134 Å². The molecule has 456 valence electrons. The standard InChI is InChI=1S/C15H22ClNO2.C11H10Cl2F2N4O3S.C11H11Cl2NO2.C8H14ClN5.C3H8NO5P/c1-5-13-8-6-7-11(2)15(13)17(14(18)9-16)12(3)10-19-4;1-5-16-19(11(20)18(5)10(14)15)9-4-8(17-23(2,21)22)6(12)3-7(9)13;1-7-6-16-9-5-3-2-4-8(9)14(7)11(15)10(12)13;1-4-10-7-12-6(9)13-8(14-7)11-5(2)3;5-3(6)1-4-2-10(7,8)9/h6-8,12H,5,9-10H2,1-4H3;3-4,10,17H,1-2H3;2-5,7,10H,6H2,1H3;5H,4H2,1-3H3,(H2,10,11,12,13,14);4H,1-2H2,(H,5,6)(H2,7,8,9). The van der Waals surface area contributed by atoms with Crippen LogP contribution in [0.15, 0.2) is 59.4 Å². The van der Waals surface area contributed by atoms with Crippen molar-refractivity contribution in [1.82, 2.24) is 34.6 Å². The van der Waals surface area contributed by atoms with Gasteiger partial charge in [-0.05, 0) is 102 Å². The Bertz CT molecular complexity index is 3150. The zero-order valence-electron chi connectivity index (χ0n) is 46.0. The molecule has 0 saturated heterocycles. The molecule has 3 aromatic carbocycles. The number of carbonyl (C=O) groups excluding carboxylic acids is 2. The number of hydrogen-bond acceptors (Lipinski definition) is 16. The molecule has 5 aromatic rings. The molecular formula is C48H65Cl6F2N12O12PS. The third kappa shape index (κ3) is 23.8. The van der Waals surface area contributed by atoms with Gasteiger partial charge in [0.25, 0.3) is 5.91 Å². The number of rotatable bonds is 19. The van der Waals surface area contributed by atoms with Crippen LogP contribution in [0.2, 0.25) is 15.3 Å². The van der Waals surface area contributed by atoms with Crippen LogP contribution in [0, 0.1) is 13.8 Å². The molecule has 1 aliphatic rings. The van der Waals surface area contributed by atoms with Crippen molar-refractivity contribution in [2.24, 2.45) is 0 Å². The molecule has 0 bridgehead atoms. The summed E-state index contributed by atoms with van der Waals surface area (Å²) < 4.78 is 72.0. The maximum absolute atomic E-state index is 12.8. The molecule has 24 nitrogen and oxygen atoms in total. The minimum absolute atomic E-state index is 0.0223. The second kappa shape index (κ2) is 34.6. The van der Waals surface area contributed by atoms with E-state index in [1.54, 1.807) is 16.9 Å². The number of carboxylic acid groups (broad SMARTS) is 1. The third-order valence-electron chi connectivity index (χ3n) is 10.3. The molecule has 2 atom stereocenters.